The average molecular weight is 415 g/mol. The maximum Gasteiger partial charge on any atom is 0.271 e. The Morgan fingerprint density at radius 3 is 2.67 bits per heavy atom. The molecule has 0 bridgehead atoms. The third-order valence-corrected chi connectivity index (χ3v) is 3.62. The molecule has 0 aliphatic carbocycles. The standard InChI is InChI=1S/C15H12ClIN2O2/c1-21-14-7-4-12(16)8-11(14)9-18-19-15(20)10-2-5-13(17)6-3-10/h2-9H,1H3,(H,19,20)/b18-9-. The summed E-state index contributed by atoms with van der Waals surface area (Å²) in [6.07, 6.45) is 1.50. The molecule has 0 saturated heterocycles. The molecular weight excluding hydrogens is 403 g/mol. The average Bonchev–Trinajstić information content (AvgIpc) is 2.48. The normalized spacial score (nSPS) is 10.6. The summed E-state index contributed by atoms with van der Waals surface area (Å²) in [6.45, 7) is 0. The van der Waals surface area contributed by atoms with Gasteiger partial charge in [0.05, 0.1) is 13.3 Å². The largest absolute Gasteiger partial charge is 0.496 e. The van der Waals surface area contributed by atoms with Gasteiger partial charge in [0.25, 0.3) is 5.91 Å². The highest BCUT2D eigenvalue weighted by molar-refractivity contribution is 14.1. The molecule has 1 N–H and O–H groups in total. The Morgan fingerprint density at radius 1 is 1.29 bits per heavy atom. The summed E-state index contributed by atoms with van der Waals surface area (Å²) >= 11 is 8.10. The van der Waals surface area contributed by atoms with Gasteiger partial charge in [0.1, 0.15) is 5.75 Å². The summed E-state index contributed by atoms with van der Waals surface area (Å²) in [4.78, 5) is 11.9. The second-order valence-corrected chi connectivity index (χ2v) is 5.77. The first-order valence-electron chi connectivity index (χ1n) is 6.02. The third kappa shape index (κ3) is 4.44. The number of hydrogen-bond acceptors (Lipinski definition) is 3. The zero-order valence-electron chi connectivity index (χ0n) is 11.1. The van der Waals surface area contributed by atoms with Crippen LogP contribution in [0.25, 0.3) is 0 Å². The highest BCUT2D eigenvalue weighted by Gasteiger charge is 2.04. The predicted octanol–water partition coefficient (Wildman–Crippen LogP) is 3.72. The van der Waals surface area contributed by atoms with Crippen LogP contribution in [-0.4, -0.2) is 19.2 Å². The fourth-order valence-electron chi connectivity index (χ4n) is 1.63. The number of halogens is 2. The molecular formula is C15H12ClIN2O2. The maximum atomic E-state index is 11.9. The molecule has 0 atom stereocenters. The minimum absolute atomic E-state index is 0.274. The molecule has 0 spiro atoms. The van der Waals surface area contributed by atoms with Crippen LogP contribution in [0.15, 0.2) is 47.6 Å². The van der Waals surface area contributed by atoms with Crippen LogP contribution >= 0.6 is 34.2 Å². The quantitative estimate of drug-likeness (QED) is 0.471. The first-order valence-corrected chi connectivity index (χ1v) is 7.48. The Bertz CT molecular complexity index is 672. The molecule has 0 saturated carbocycles. The van der Waals surface area contributed by atoms with Gasteiger partial charge in [-0.3, -0.25) is 4.79 Å². The van der Waals surface area contributed by atoms with Crippen molar-refractivity contribution in [1.29, 1.82) is 0 Å². The van der Waals surface area contributed by atoms with Gasteiger partial charge in [0.2, 0.25) is 0 Å². The molecule has 4 nitrogen and oxygen atoms in total. The van der Waals surface area contributed by atoms with Gasteiger partial charge in [-0.2, -0.15) is 5.10 Å². The van der Waals surface area contributed by atoms with E-state index in [9.17, 15) is 4.79 Å². The Balaban J connectivity index is 2.07. The van der Waals surface area contributed by atoms with E-state index in [1.54, 1.807) is 37.4 Å². The molecule has 0 aliphatic rings. The first kappa shape index (κ1) is 15.8. The lowest BCUT2D eigenvalue weighted by atomic mass is 10.2. The molecule has 2 aromatic rings. The fourth-order valence-corrected chi connectivity index (χ4v) is 2.17. The summed E-state index contributed by atoms with van der Waals surface area (Å²) in [7, 11) is 1.56. The topological polar surface area (TPSA) is 50.7 Å². The van der Waals surface area contributed by atoms with Crippen molar-refractivity contribution >= 4 is 46.3 Å². The SMILES string of the molecule is COc1ccc(Cl)cc1/C=N\NC(=O)c1ccc(I)cc1. The van der Waals surface area contributed by atoms with Gasteiger partial charge in [0.15, 0.2) is 0 Å². The predicted molar refractivity (Wildman–Crippen MR) is 92.2 cm³/mol. The molecule has 0 heterocycles. The van der Waals surface area contributed by atoms with Gasteiger partial charge in [-0.25, -0.2) is 5.43 Å². The number of nitrogens with one attached hydrogen (secondary N) is 1. The number of hydrogen-bond donors (Lipinski definition) is 1. The fraction of sp³-hybridized carbons (Fsp3) is 0.0667. The second-order valence-electron chi connectivity index (χ2n) is 4.09. The maximum absolute atomic E-state index is 11.9. The van der Waals surface area contributed by atoms with Crippen molar-refractivity contribution in [2.75, 3.05) is 7.11 Å². The summed E-state index contributed by atoms with van der Waals surface area (Å²) in [5.41, 5.74) is 3.70. The Kier molecular flexibility index (Phi) is 5.58. The van der Waals surface area contributed by atoms with Crippen LogP contribution in [0, 0.1) is 3.57 Å². The molecule has 0 aliphatic heterocycles. The summed E-state index contributed by atoms with van der Waals surface area (Å²) < 4.78 is 6.26. The van der Waals surface area contributed by atoms with Gasteiger partial charge in [0, 0.05) is 19.7 Å². The van der Waals surface area contributed by atoms with Gasteiger partial charge in [-0.05, 0) is 65.1 Å². The molecule has 2 aromatic carbocycles. The summed E-state index contributed by atoms with van der Waals surface area (Å²) in [5, 5.41) is 4.50. The van der Waals surface area contributed by atoms with Gasteiger partial charge in [-0.1, -0.05) is 11.6 Å². The van der Waals surface area contributed by atoms with Crippen LogP contribution in [0.3, 0.4) is 0 Å². The van der Waals surface area contributed by atoms with E-state index in [-0.39, 0.29) is 5.91 Å². The molecule has 0 unspecified atom stereocenters. The first-order chi connectivity index (χ1) is 10.1. The van der Waals surface area contributed by atoms with Crippen LogP contribution < -0.4 is 10.2 Å². The minimum atomic E-state index is -0.274. The summed E-state index contributed by atoms with van der Waals surface area (Å²) in [5.74, 6) is 0.357. The lowest BCUT2D eigenvalue weighted by Crippen LogP contribution is -2.17. The molecule has 6 heteroatoms. The molecule has 21 heavy (non-hydrogen) atoms. The Hall–Kier alpha value is -1.60. The number of rotatable bonds is 4. The highest BCUT2D eigenvalue weighted by atomic mass is 127. The Labute approximate surface area is 141 Å². The van der Waals surface area contributed by atoms with Crippen LogP contribution in [0.1, 0.15) is 15.9 Å². The molecule has 1 amide bonds. The molecule has 108 valence electrons. The number of carbonyl (C=O) groups excluding carboxylic acids is 1. The second kappa shape index (κ2) is 7.42. The molecule has 2 rings (SSSR count). The lowest BCUT2D eigenvalue weighted by Gasteiger charge is -2.04. The van der Waals surface area contributed by atoms with E-state index >= 15 is 0 Å². The van der Waals surface area contributed by atoms with E-state index in [1.165, 1.54) is 6.21 Å². The smallest absolute Gasteiger partial charge is 0.271 e. The minimum Gasteiger partial charge on any atom is -0.496 e. The number of benzene rings is 2. The van der Waals surface area contributed by atoms with Crippen molar-refractivity contribution in [2.24, 2.45) is 5.10 Å². The van der Waals surface area contributed by atoms with Crippen molar-refractivity contribution in [3.63, 3.8) is 0 Å². The van der Waals surface area contributed by atoms with Crippen LogP contribution in [-0.2, 0) is 0 Å². The van der Waals surface area contributed by atoms with Gasteiger partial charge >= 0.3 is 0 Å². The highest BCUT2D eigenvalue weighted by Crippen LogP contribution is 2.20. The number of carbonyl (C=O) groups is 1. The van der Waals surface area contributed by atoms with Crippen LogP contribution in [0.5, 0.6) is 5.75 Å². The zero-order valence-corrected chi connectivity index (χ0v) is 14.1. The Morgan fingerprint density at radius 2 is 2.00 bits per heavy atom. The van der Waals surface area contributed by atoms with E-state index in [1.807, 2.05) is 12.1 Å². The van der Waals surface area contributed by atoms with Crippen LogP contribution in [0.2, 0.25) is 5.02 Å². The van der Waals surface area contributed by atoms with Gasteiger partial charge in [-0.15, -0.1) is 0 Å². The number of nitrogens with zero attached hydrogens (tertiary/aromatic N) is 1. The van der Waals surface area contributed by atoms with Crippen molar-refractivity contribution in [3.05, 3.63) is 62.2 Å². The van der Waals surface area contributed by atoms with Crippen molar-refractivity contribution in [1.82, 2.24) is 5.43 Å². The van der Waals surface area contributed by atoms with E-state index in [0.717, 1.165) is 3.57 Å². The number of ether oxygens (including phenoxy) is 1. The van der Waals surface area contributed by atoms with E-state index in [0.29, 0.717) is 21.9 Å². The number of methoxy groups -OCH3 is 1. The molecule has 0 radical (unpaired) electrons. The van der Waals surface area contributed by atoms with Crippen molar-refractivity contribution < 1.29 is 9.53 Å². The van der Waals surface area contributed by atoms with Crippen LogP contribution in [0.4, 0.5) is 0 Å². The monoisotopic (exact) mass is 414 g/mol. The third-order valence-electron chi connectivity index (χ3n) is 2.67. The molecule has 0 aromatic heterocycles. The number of hydrazone groups is 1. The van der Waals surface area contributed by atoms with E-state index in [4.69, 9.17) is 16.3 Å². The number of amides is 1. The molecule has 0 fully saturated rings. The van der Waals surface area contributed by atoms with Crippen molar-refractivity contribution in [3.8, 4) is 5.75 Å². The van der Waals surface area contributed by atoms with E-state index < -0.39 is 0 Å². The zero-order chi connectivity index (χ0) is 15.2. The summed E-state index contributed by atoms with van der Waals surface area (Å²) in [6, 6.07) is 12.4. The van der Waals surface area contributed by atoms with Gasteiger partial charge < -0.3 is 4.74 Å². The lowest BCUT2D eigenvalue weighted by molar-refractivity contribution is 0.0955. The van der Waals surface area contributed by atoms with E-state index in [2.05, 4.69) is 33.1 Å². The van der Waals surface area contributed by atoms with Crippen molar-refractivity contribution in [2.45, 2.75) is 0 Å².